The number of rotatable bonds is 2. The first kappa shape index (κ1) is 13.9. The summed E-state index contributed by atoms with van der Waals surface area (Å²) in [6, 6.07) is 4.12. The van der Waals surface area contributed by atoms with E-state index in [-0.39, 0.29) is 4.90 Å². The molecule has 0 unspecified atom stereocenters. The average molecular weight is 311 g/mol. The zero-order chi connectivity index (χ0) is 14.3. The highest BCUT2D eigenvalue weighted by Gasteiger charge is 2.30. The smallest absolute Gasteiger partial charge is 0.240 e. The molecule has 4 nitrogen and oxygen atoms in total. The molecule has 0 aliphatic rings. The summed E-state index contributed by atoms with van der Waals surface area (Å²) in [5.74, 6) is 0. The Labute approximate surface area is 110 Å². The molecule has 0 radical (unpaired) electrons. The Kier molecular flexibility index (Phi) is 3.31. The van der Waals surface area contributed by atoms with E-state index >= 15 is 0 Å². The summed E-state index contributed by atoms with van der Waals surface area (Å²) in [6.45, 7) is 0. The maximum Gasteiger partial charge on any atom is 0.416 e. The van der Waals surface area contributed by atoms with Gasteiger partial charge in [-0.25, -0.2) is 13.1 Å². The SMILES string of the molecule is O=S(=O)(Cl)c1cnn(-c2ccc(C(F)(F)F)cc2)c1. The molecule has 0 saturated carbocycles. The Morgan fingerprint density at radius 3 is 2.16 bits per heavy atom. The molecule has 9 heteroatoms. The molecule has 0 fully saturated rings. The van der Waals surface area contributed by atoms with Gasteiger partial charge in [0.25, 0.3) is 9.05 Å². The molecule has 0 spiro atoms. The Balaban J connectivity index is 2.36. The van der Waals surface area contributed by atoms with Crippen molar-refractivity contribution in [2.75, 3.05) is 0 Å². The lowest BCUT2D eigenvalue weighted by molar-refractivity contribution is -0.137. The predicted octanol–water partition coefficient (Wildman–Crippen LogP) is 2.82. The number of hydrogen-bond acceptors (Lipinski definition) is 3. The first-order chi connectivity index (χ1) is 8.68. The summed E-state index contributed by atoms with van der Waals surface area (Å²) in [4.78, 5) is -0.228. The van der Waals surface area contributed by atoms with Crippen LogP contribution in [0.5, 0.6) is 0 Å². The van der Waals surface area contributed by atoms with Gasteiger partial charge in [-0.05, 0) is 24.3 Å². The normalized spacial score (nSPS) is 12.6. The number of halogens is 4. The molecule has 0 saturated heterocycles. The van der Waals surface area contributed by atoms with Gasteiger partial charge in [-0.1, -0.05) is 0 Å². The van der Waals surface area contributed by atoms with Gasteiger partial charge in [0.2, 0.25) is 0 Å². The fourth-order valence-electron chi connectivity index (χ4n) is 1.38. The van der Waals surface area contributed by atoms with Gasteiger partial charge < -0.3 is 0 Å². The lowest BCUT2D eigenvalue weighted by Crippen LogP contribution is -2.05. The van der Waals surface area contributed by atoms with Crippen molar-refractivity contribution in [3.05, 3.63) is 42.2 Å². The number of nitrogens with zero attached hydrogens (tertiary/aromatic N) is 2. The molecule has 1 aromatic carbocycles. The molecule has 2 aromatic rings. The Hall–Kier alpha value is -1.54. The van der Waals surface area contributed by atoms with Gasteiger partial charge in [0.1, 0.15) is 4.90 Å². The van der Waals surface area contributed by atoms with Gasteiger partial charge in [0, 0.05) is 10.7 Å². The van der Waals surface area contributed by atoms with E-state index in [0.717, 1.165) is 29.2 Å². The molecule has 2 rings (SSSR count). The third-order valence-electron chi connectivity index (χ3n) is 2.30. The van der Waals surface area contributed by atoms with Crippen molar-refractivity contribution >= 4 is 19.7 Å². The van der Waals surface area contributed by atoms with Gasteiger partial charge in [0.15, 0.2) is 0 Å². The summed E-state index contributed by atoms with van der Waals surface area (Å²) < 4.78 is 60.3. The number of alkyl halides is 3. The molecule has 0 bridgehead atoms. The molecule has 102 valence electrons. The van der Waals surface area contributed by atoms with E-state index in [4.69, 9.17) is 10.7 Å². The van der Waals surface area contributed by atoms with Gasteiger partial charge in [-0.2, -0.15) is 18.3 Å². The Morgan fingerprint density at radius 2 is 1.74 bits per heavy atom. The summed E-state index contributed by atoms with van der Waals surface area (Å²) in [6.07, 6.45) is -2.29. The molecule has 0 aliphatic heterocycles. The lowest BCUT2D eigenvalue weighted by Gasteiger charge is -2.07. The molecule has 0 atom stereocenters. The van der Waals surface area contributed by atoms with Crippen molar-refractivity contribution < 1.29 is 21.6 Å². The van der Waals surface area contributed by atoms with Crippen LogP contribution < -0.4 is 0 Å². The monoisotopic (exact) mass is 310 g/mol. The summed E-state index contributed by atoms with van der Waals surface area (Å²) in [5, 5.41) is 3.72. The van der Waals surface area contributed by atoms with Gasteiger partial charge in [-0.15, -0.1) is 0 Å². The molecule has 0 aliphatic carbocycles. The molecular formula is C10H6ClF3N2O2S. The Bertz CT molecular complexity index is 692. The Morgan fingerprint density at radius 1 is 1.16 bits per heavy atom. The summed E-state index contributed by atoms with van der Waals surface area (Å²) in [5.41, 5.74) is -0.506. The van der Waals surface area contributed by atoms with Crippen LogP contribution >= 0.6 is 10.7 Å². The maximum absolute atomic E-state index is 12.4. The van der Waals surface area contributed by atoms with Crippen molar-refractivity contribution in [2.24, 2.45) is 0 Å². The second-order valence-corrected chi connectivity index (χ2v) is 6.17. The molecule has 0 N–H and O–H groups in total. The molecular weight excluding hydrogens is 305 g/mol. The van der Waals surface area contributed by atoms with E-state index < -0.39 is 20.8 Å². The lowest BCUT2D eigenvalue weighted by atomic mass is 10.2. The van der Waals surface area contributed by atoms with Crippen LogP contribution in [0.1, 0.15) is 5.56 Å². The van der Waals surface area contributed by atoms with Crippen LogP contribution in [0.4, 0.5) is 13.2 Å². The van der Waals surface area contributed by atoms with E-state index in [1.807, 2.05) is 0 Å². The number of benzene rings is 1. The second-order valence-electron chi connectivity index (χ2n) is 3.60. The van der Waals surface area contributed by atoms with Crippen molar-refractivity contribution in [2.45, 2.75) is 11.1 Å². The largest absolute Gasteiger partial charge is 0.416 e. The third kappa shape index (κ3) is 3.07. The van der Waals surface area contributed by atoms with Crippen LogP contribution in [0, 0.1) is 0 Å². The fraction of sp³-hybridized carbons (Fsp3) is 0.100. The van der Waals surface area contributed by atoms with Crippen LogP contribution in [-0.2, 0) is 15.2 Å². The zero-order valence-corrected chi connectivity index (χ0v) is 10.7. The first-order valence-electron chi connectivity index (χ1n) is 4.85. The minimum Gasteiger partial charge on any atom is -0.240 e. The van der Waals surface area contributed by atoms with E-state index in [1.54, 1.807) is 0 Å². The minimum atomic E-state index is -4.42. The van der Waals surface area contributed by atoms with Crippen molar-refractivity contribution in [1.82, 2.24) is 9.78 Å². The van der Waals surface area contributed by atoms with Gasteiger partial charge in [-0.3, -0.25) is 0 Å². The van der Waals surface area contributed by atoms with Gasteiger partial charge >= 0.3 is 6.18 Å². The first-order valence-corrected chi connectivity index (χ1v) is 7.16. The van der Waals surface area contributed by atoms with Crippen LogP contribution in [0.2, 0.25) is 0 Å². The van der Waals surface area contributed by atoms with Crippen molar-refractivity contribution in [1.29, 1.82) is 0 Å². The van der Waals surface area contributed by atoms with Gasteiger partial charge in [0.05, 0.1) is 23.6 Å². The van der Waals surface area contributed by atoms with E-state index in [0.29, 0.717) is 5.69 Å². The molecule has 1 aromatic heterocycles. The van der Waals surface area contributed by atoms with Crippen molar-refractivity contribution in [3.8, 4) is 5.69 Å². The predicted molar refractivity (Wildman–Crippen MR) is 61.6 cm³/mol. The van der Waals surface area contributed by atoms with E-state index in [1.165, 1.54) is 12.1 Å². The second kappa shape index (κ2) is 4.53. The van der Waals surface area contributed by atoms with Crippen molar-refractivity contribution in [3.63, 3.8) is 0 Å². The third-order valence-corrected chi connectivity index (χ3v) is 3.61. The minimum absolute atomic E-state index is 0.228. The zero-order valence-electron chi connectivity index (χ0n) is 9.10. The van der Waals surface area contributed by atoms with E-state index in [9.17, 15) is 21.6 Å². The van der Waals surface area contributed by atoms with Crippen LogP contribution in [0.25, 0.3) is 5.69 Å². The topological polar surface area (TPSA) is 52.0 Å². The average Bonchev–Trinajstić information content (AvgIpc) is 2.77. The molecule has 19 heavy (non-hydrogen) atoms. The highest BCUT2D eigenvalue weighted by atomic mass is 35.7. The van der Waals surface area contributed by atoms with Crippen LogP contribution in [-0.4, -0.2) is 18.2 Å². The standard InChI is InChI=1S/C10H6ClF3N2O2S/c11-19(17,18)9-5-15-16(6-9)8-3-1-7(2-4-8)10(12,13)14/h1-6H. The summed E-state index contributed by atoms with van der Waals surface area (Å²) in [7, 11) is 1.20. The highest BCUT2D eigenvalue weighted by molar-refractivity contribution is 8.13. The van der Waals surface area contributed by atoms with Crippen LogP contribution in [0.15, 0.2) is 41.6 Å². The molecule has 0 amide bonds. The summed E-state index contributed by atoms with van der Waals surface area (Å²) >= 11 is 0. The quantitative estimate of drug-likeness (QED) is 0.802. The van der Waals surface area contributed by atoms with E-state index in [2.05, 4.69) is 5.10 Å². The highest BCUT2D eigenvalue weighted by Crippen LogP contribution is 2.29. The molecule has 1 heterocycles. The number of aromatic nitrogens is 2. The number of hydrogen-bond donors (Lipinski definition) is 0. The van der Waals surface area contributed by atoms with Crippen LogP contribution in [0.3, 0.4) is 0 Å². The fourth-order valence-corrected chi connectivity index (χ4v) is 2.01. The maximum atomic E-state index is 12.4.